The number of hydrogen-bond donors (Lipinski definition) is 0. The van der Waals surface area contributed by atoms with Crippen LogP contribution in [0.1, 0.15) is 20.3 Å². The summed E-state index contributed by atoms with van der Waals surface area (Å²) in [7, 11) is 1.93. The molecule has 0 rings (SSSR count). The van der Waals surface area contributed by atoms with Gasteiger partial charge in [0.1, 0.15) is 0 Å². The monoisotopic (exact) mass is 129 g/mol. The van der Waals surface area contributed by atoms with Gasteiger partial charge in [-0.3, -0.25) is 5.01 Å². The van der Waals surface area contributed by atoms with Crippen LogP contribution in [0.15, 0.2) is 10.3 Å². The Morgan fingerprint density at radius 1 is 1.33 bits per heavy atom. The van der Waals surface area contributed by atoms with E-state index in [9.17, 15) is 0 Å². The molecule has 0 aliphatic heterocycles. The molecular formula is C6H15N3. The van der Waals surface area contributed by atoms with Gasteiger partial charge in [-0.2, -0.15) is 5.11 Å². The van der Waals surface area contributed by atoms with E-state index >= 15 is 0 Å². The van der Waals surface area contributed by atoms with E-state index in [1.54, 1.807) is 0 Å². The second-order valence-electron chi connectivity index (χ2n) is 1.93. The van der Waals surface area contributed by atoms with Crippen molar-refractivity contribution in [1.29, 1.82) is 0 Å². The van der Waals surface area contributed by atoms with Crippen LogP contribution in [0.25, 0.3) is 0 Å². The van der Waals surface area contributed by atoms with E-state index < -0.39 is 0 Å². The van der Waals surface area contributed by atoms with Gasteiger partial charge in [-0.1, -0.05) is 12.1 Å². The third kappa shape index (κ3) is 5.27. The zero-order valence-electron chi connectivity index (χ0n) is 6.46. The first kappa shape index (κ1) is 8.40. The topological polar surface area (TPSA) is 28.0 Å². The molecule has 0 radical (unpaired) electrons. The van der Waals surface area contributed by atoms with Crippen molar-refractivity contribution in [2.45, 2.75) is 20.3 Å². The molecular weight excluding hydrogens is 114 g/mol. The molecule has 0 aliphatic rings. The van der Waals surface area contributed by atoms with E-state index in [4.69, 9.17) is 0 Å². The van der Waals surface area contributed by atoms with Gasteiger partial charge in [-0.15, -0.1) is 0 Å². The minimum atomic E-state index is 0.772. The Hall–Kier alpha value is -0.600. The predicted octanol–water partition coefficient (Wildman–Crippen LogP) is 1.72. The molecule has 0 saturated carbocycles. The first-order valence-corrected chi connectivity index (χ1v) is 3.39. The highest BCUT2D eigenvalue weighted by molar-refractivity contribution is 4.36. The summed E-state index contributed by atoms with van der Waals surface area (Å²) < 4.78 is 0. The molecule has 0 aromatic rings. The highest BCUT2D eigenvalue weighted by atomic mass is 15.5. The van der Waals surface area contributed by atoms with E-state index in [0.717, 1.165) is 19.5 Å². The van der Waals surface area contributed by atoms with Gasteiger partial charge in [-0.25, -0.2) is 0 Å². The van der Waals surface area contributed by atoms with E-state index in [1.807, 2.05) is 19.0 Å². The fourth-order valence-electron chi connectivity index (χ4n) is 0.540. The lowest BCUT2D eigenvalue weighted by molar-refractivity contribution is 0.327. The lowest BCUT2D eigenvalue weighted by Crippen LogP contribution is -2.10. The maximum atomic E-state index is 3.89. The standard InChI is InChI=1S/C6H15N3/c1-4-6-9(3)8-7-5-2/h4-6H2,1-3H3/b8-7-. The summed E-state index contributed by atoms with van der Waals surface area (Å²) in [6.07, 6.45) is 1.12. The van der Waals surface area contributed by atoms with Gasteiger partial charge >= 0.3 is 0 Å². The molecule has 0 fully saturated rings. The zero-order chi connectivity index (χ0) is 7.11. The largest absolute Gasteiger partial charge is 0.282 e. The Labute approximate surface area is 56.7 Å². The van der Waals surface area contributed by atoms with Gasteiger partial charge in [0, 0.05) is 13.6 Å². The molecule has 0 aromatic heterocycles. The average Bonchev–Trinajstić information content (AvgIpc) is 1.85. The van der Waals surface area contributed by atoms with Crippen molar-refractivity contribution in [3.8, 4) is 0 Å². The summed E-state index contributed by atoms with van der Waals surface area (Å²) >= 11 is 0. The summed E-state index contributed by atoms with van der Waals surface area (Å²) in [6, 6.07) is 0. The Balaban J connectivity index is 3.25. The van der Waals surface area contributed by atoms with Crippen LogP contribution in [0.3, 0.4) is 0 Å². The van der Waals surface area contributed by atoms with E-state index in [2.05, 4.69) is 17.3 Å². The van der Waals surface area contributed by atoms with Crippen molar-refractivity contribution >= 4 is 0 Å². The van der Waals surface area contributed by atoms with Gasteiger partial charge < -0.3 is 0 Å². The predicted molar refractivity (Wildman–Crippen MR) is 38.3 cm³/mol. The van der Waals surface area contributed by atoms with Crippen molar-refractivity contribution in [2.75, 3.05) is 20.1 Å². The maximum Gasteiger partial charge on any atom is 0.0592 e. The number of hydrogen-bond acceptors (Lipinski definition) is 2. The van der Waals surface area contributed by atoms with Crippen LogP contribution in [-0.4, -0.2) is 25.1 Å². The van der Waals surface area contributed by atoms with Crippen molar-refractivity contribution in [1.82, 2.24) is 5.01 Å². The first-order valence-electron chi connectivity index (χ1n) is 3.39. The van der Waals surface area contributed by atoms with Gasteiger partial charge in [0.15, 0.2) is 0 Å². The highest BCUT2D eigenvalue weighted by Gasteiger charge is 1.85. The molecule has 9 heavy (non-hydrogen) atoms. The van der Waals surface area contributed by atoms with E-state index in [-0.39, 0.29) is 0 Å². The Morgan fingerprint density at radius 2 is 2.00 bits per heavy atom. The summed E-state index contributed by atoms with van der Waals surface area (Å²) in [5.41, 5.74) is 0. The van der Waals surface area contributed by atoms with Gasteiger partial charge in [0.05, 0.1) is 6.54 Å². The molecule has 0 spiro atoms. The van der Waals surface area contributed by atoms with Gasteiger partial charge in [-0.05, 0) is 13.3 Å². The Kier molecular flexibility index (Phi) is 5.17. The van der Waals surface area contributed by atoms with Crippen molar-refractivity contribution in [3.63, 3.8) is 0 Å². The Morgan fingerprint density at radius 3 is 2.44 bits per heavy atom. The fraction of sp³-hybridized carbons (Fsp3) is 1.00. The lowest BCUT2D eigenvalue weighted by Gasteiger charge is -2.07. The molecule has 0 N–H and O–H groups in total. The molecule has 0 saturated heterocycles. The second-order valence-corrected chi connectivity index (χ2v) is 1.93. The van der Waals surface area contributed by atoms with Crippen LogP contribution >= 0.6 is 0 Å². The fourth-order valence-corrected chi connectivity index (χ4v) is 0.540. The molecule has 3 nitrogen and oxygen atoms in total. The van der Waals surface area contributed by atoms with Crippen molar-refractivity contribution in [3.05, 3.63) is 0 Å². The molecule has 0 heterocycles. The van der Waals surface area contributed by atoms with Crippen molar-refractivity contribution < 1.29 is 0 Å². The van der Waals surface area contributed by atoms with Gasteiger partial charge in [0.25, 0.3) is 0 Å². The van der Waals surface area contributed by atoms with Crippen LogP contribution in [0.4, 0.5) is 0 Å². The van der Waals surface area contributed by atoms with E-state index in [1.165, 1.54) is 0 Å². The third-order valence-electron chi connectivity index (χ3n) is 0.905. The summed E-state index contributed by atoms with van der Waals surface area (Å²) in [4.78, 5) is 0. The lowest BCUT2D eigenvalue weighted by atomic mass is 10.5. The molecule has 0 aromatic carbocycles. The molecule has 0 atom stereocenters. The summed E-state index contributed by atoms with van der Waals surface area (Å²) in [5, 5.41) is 9.58. The van der Waals surface area contributed by atoms with E-state index in [0.29, 0.717) is 0 Å². The van der Waals surface area contributed by atoms with Crippen LogP contribution < -0.4 is 0 Å². The second kappa shape index (κ2) is 5.54. The zero-order valence-corrected chi connectivity index (χ0v) is 6.46. The molecule has 0 bridgehead atoms. The minimum absolute atomic E-state index is 0.772. The van der Waals surface area contributed by atoms with Crippen LogP contribution in [0, 0.1) is 0 Å². The average molecular weight is 129 g/mol. The molecule has 3 heteroatoms. The summed E-state index contributed by atoms with van der Waals surface area (Å²) in [5.74, 6) is 0. The highest BCUT2D eigenvalue weighted by Crippen LogP contribution is 1.87. The molecule has 0 amide bonds. The molecule has 0 unspecified atom stereocenters. The third-order valence-corrected chi connectivity index (χ3v) is 0.905. The van der Waals surface area contributed by atoms with Crippen molar-refractivity contribution in [2.24, 2.45) is 10.3 Å². The minimum Gasteiger partial charge on any atom is -0.282 e. The Bertz CT molecular complexity index is 80.4. The normalized spacial score (nSPS) is 10.6. The van der Waals surface area contributed by atoms with Crippen LogP contribution in [0.2, 0.25) is 0 Å². The molecule has 0 aliphatic carbocycles. The van der Waals surface area contributed by atoms with Crippen LogP contribution in [-0.2, 0) is 0 Å². The maximum absolute atomic E-state index is 3.89. The quantitative estimate of drug-likeness (QED) is 0.419. The van der Waals surface area contributed by atoms with Gasteiger partial charge in [0.2, 0.25) is 0 Å². The summed E-state index contributed by atoms with van der Waals surface area (Å²) in [6.45, 7) is 5.86. The van der Waals surface area contributed by atoms with Crippen LogP contribution in [0.5, 0.6) is 0 Å². The number of rotatable bonds is 4. The number of nitrogens with zero attached hydrogens (tertiary/aromatic N) is 3. The SMILES string of the molecule is CCCN(C)/N=N\CC. The first-order chi connectivity index (χ1) is 4.31. The molecule has 54 valence electrons. The smallest absolute Gasteiger partial charge is 0.0592 e.